The predicted molar refractivity (Wildman–Crippen MR) is 143 cm³/mol. The van der Waals surface area contributed by atoms with E-state index in [-0.39, 0.29) is 42.3 Å². The Balaban J connectivity index is 1.39. The molecule has 14 heteroatoms. The van der Waals surface area contributed by atoms with Crippen LogP contribution in [0.2, 0.25) is 0 Å². The number of nitrogens with one attached hydrogen (secondary N) is 1. The Labute approximate surface area is 234 Å². The second kappa shape index (κ2) is 12.2. The predicted octanol–water partition coefficient (Wildman–Crippen LogP) is 1.56. The Morgan fingerprint density at radius 2 is 1.75 bits per heavy atom. The lowest BCUT2D eigenvalue weighted by molar-refractivity contribution is -0.142. The van der Waals surface area contributed by atoms with Gasteiger partial charge in [-0.05, 0) is 49.6 Å². The van der Waals surface area contributed by atoms with E-state index in [1.807, 2.05) is 6.92 Å². The Morgan fingerprint density at radius 3 is 2.40 bits per heavy atom. The van der Waals surface area contributed by atoms with E-state index in [2.05, 4.69) is 5.32 Å². The Morgan fingerprint density at radius 1 is 1.07 bits per heavy atom. The average Bonchev–Trinajstić information content (AvgIpc) is 3.42. The largest absolute Gasteiger partial charge is 0.480 e. The maximum absolute atomic E-state index is 13.2. The molecule has 212 valence electrons. The highest BCUT2D eigenvalue weighted by molar-refractivity contribution is 8.15. The summed E-state index contributed by atoms with van der Waals surface area (Å²) in [5, 5.41) is 11.5. The molecule has 4 rings (SSSR count). The van der Waals surface area contributed by atoms with Crippen molar-refractivity contribution in [3.8, 4) is 5.75 Å². The summed E-state index contributed by atoms with van der Waals surface area (Å²) >= 11 is 0.828. The molecular weight excluding hydrogens is 562 g/mol. The van der Waals surface area contributed by atoms with Crippen molar-refractivity contribution in [3.05, 3.63) is 59.7 Å². The Hall–Kier alpha value is -3.75. The molecule has 2 atom stereocenters. The number of thioether (sulfide) groups is 1. The maximum atomic E-state index is 13.2. The molecule has 40 heavy (non-hydrogen) atoms. The molecule has 2 aliphatic rings. The van der Waals surface area contributed by atoms with Crippen LogP contribution in [-0.4, -0.2) is 82.6 Å². The van der Waals surface area contributed by atoms with Crippen molar-refractivity contribution in [3.63, 3.8) is 0 Å². The third-order valence-corrected chi connectivity index (χ3v) is 9.25. The van der Waals surface area contributed by atoms with Gasteiger partial charge in [0, 0.05) is 25.3 Å². The number of carbonyl (C=O) groups is 5. The van der Waals surface area contributed by atoms with E-state index in [0.717, 1.165) is 21.6 Å². The van der Waals surface area contributed by atoms with Crippen molar-refractivity contribution in [1.82, 2.24) is 14.5 Å². The van der Waals surface area contributed by atoms with E-state index in [1.54, 1.807) is 12.1 Å². The highest BCUT2D eigenvalue weighted by Crippen LogP contribution is 2.27. The van der Waals surface area contributed by atoms with Crippen molar-refractivity contribution < 1.29 is 42.2 Å². The molecule has 2 aliphatic heterocycles. The zero-order valence-electron chi connectivity index (χ0n) is 21.4. The fourth-order valence-electron chi connectivity index (χ4n) is 4.37. The molecule has 0 saturated carbocycles. The number of aliphatic carboxylic acids is 1. The van der Waals surface area contributed by atoms with Gasteiger partial charge in [-0.15, -0.1) is 0 Å². The molecule has 2 aromatic carbocycles. The molecule has 0 aliphatic carbocycles. The number of nitrogens with zero attached hydrogens (tertiary/aromatic N) is 2. The molecule has 0 spiro atoms. The summed E-state index contributed by atoms with van der Waals surface area (Å²) < 4.78 is 32.6. The van der Waals surface area contributed by atoms with Gasteiger partial charge in [-0.3, -0.25) is 14.4 Å². The summed E-state index contributed by atoms with van der Waals surface area (Å²) in [5.74, 6) is -2.61. The molecule has 0 bridgehead atoms. The molecule has 3 amide bonds. The first-order valence-electron chi connectivity index (χ1n) is 12.4. The zero-order valence-corrected chi connectivity index (χ0v) is 23.1. The highest BCUT2D eigenvalue weighted by atomic mass is 32.2. The van der Waals surface area contributed by atoms with Gasteiger partial charge >= 0.3 is 18.0 Å². The van der Waals surface area contributed by atoms with Crippen LogP contribution in [0.5, 0.6) is 5.75 Å². The van der Waals surface area contributed by atoms with Crippen molar-refractivity contribution in [2.24, 2.45) is 0 Å². The lowest BCUT2D eigenvalue weighted by Gasteiger charge is -2.25. The van der Waals surface area contributed by atoms with Crippen LogP contribution in [0.25, 0.3) is 0 Å². The van der Waals surface area contributed by atoms with Crippen LogP contribution in [0.1, 0.15) is 24.0 Å². The number of ether oxygens (including phenoxy) is 1. The number of carboxylic acid groups (broad SMARTS) is 1. The van der Waals surface area contributed by atoms with Gasteiger partial charge in [-0.2, -0.15) is 4.31 Å². The van der Waals surface area contributed by atoms with E-state index in [1.165, 1.54) is 36.4 Å². The van der Waals surface area contributed by atoms with E-state index >= 15 is 0 Å². The first kappa shape index (κ1) is 29.2. The number of sulfonamides is 1. The van der Waals surface area contributed by atoms with Gasteiger partial charge in [0.2, 0.25) is 15.9 Å². The number of carboxylic acids is 1. The van der Waals surface area contributed by atoms with E-state index in [9.17, 15) is 37.5 Å². The molecule has 2 aromatic rings. The number of carbonyl (C=O) groups excluding carboxylic acids is 4. The van der Waals surface area contributed by atoms with Crippen molar-refractivity contribution in [2.45, 2.75) is 43.2 Å². The monoisotopic (exact) mass is 589 g/mol. The van der Waals surface area contributed by atoms with E-state index < -0.39 is 51.1 Å². The summed E-state index contributed by atoms with van der Waals surface area (Å²) in [6, 6.07) is 9.66. The third-order valence-electron chi connectivity index (χ3n) is 6.51. The second-order valence-corrected chi connectivity index (χ2v) is 12.3. The van der Waals surface area contributed by atoms with Crippen LogP contribution in [0.3, 0.4) is 0 Å². The van der Waals surface area contributed by atoms with E-state index in [4.69, 9.17) is 4.74 Å². The van der Waals surface area contributed by atoms with Crippen molar-refractivity contribution in [2.75, 3.05) is 18.8 Å². The van der Waals surface area contributed by atoms with Crippen LogP contribution in [0.15, 0.2) is 53.4 Å². The Bertz CT molecular complexity index is 1430. The second-order valence-electron chi connectivity index (χ2n) is 9.30. The van der Waals surface area contributed by atoms with Crippen LogP contribution >= 0.6 is 11.8 Å². The van der Waals surface area contributed by atoms with E-state index in [0.29, 0.717) is 16.9 Å². The number of benzene rings is 2. The quantitative estimate of drug-likeness (QED) is 0.431. The van der Waals surface area contributed by atoms with Gasteiger partial charge in [-0.1, -0.05) is 41.6 Å². The minimum atomic E-state index is -3.95. The summed E-state index contributed by atoms with van der Waals surface area (Å²) in [5.41, 5.74) is 1.38. The van der Waals surface area contributed by atoms with Gasteiger partial charge < -0.3 is 15.2 Å². The molecule has 0 aromatic heterocycles. The molecule has 2 saturated heterocycles. The first-order valence-corrected chi connectivity index (χ1v) is 14.8. The number of hydrogen-bond acceptors (Lipinski definition) is 9. The standard InChI is InChI=1S/C26H27N3O9S2/c1-16-4-10-19(11-5-16)40(36,37)29-12-2-3-21(29)22(30)27-20(24(32)33)15-17-6-8-18(9-7-17)38-26(35)28-13-14-39-25(34)23(28)31/h4-11,20-21H,2-3,12-15H2,1H3,(H,27,30)(H,32,33)/t20-,21-/m0/s1. The smallest absolute Gasteiger partial charge is 0.422 e. The van der Waals surface area contributed by atoms with Crippen LogP contribution in [0, 0.1) is 6.92 Å². The topological polar surface area (TPSA) is 167 Å². The highest BCUT2D eigenvalue weighted by Gasteiger charge is 2.40. The molecule has 2 fully saturated rings. The fourth-order valence-corrected chi connectivity index (χ4v) is 6.72. The lowest BCUT2D eigenvalue weighted by Crippen LogP contribution is -2.51. The zero-order chi connectivity index (χ0) is 29.0. The maximum Gasteiger partial charge on any atom is 0.422 e. The molecule has 0 unspecified atom stereocenters. The van der Waals surface area contributed by atoms with Crippen molar-refractivity contribution >= 4 is 50.8 Å². The first-order chi connectivity index (χ1) is 19.0. The van der Waals surface area contributed by atoms with Gasteiger partial charge in [0.25, 0.3) is 5.12 Å². The molecule has 12 nitrogen and oxygen atoms in total. The Kier molecular flexibility index (Phi) is 8.91. The van der Waals surface area contributed by atoms with Gasteiger partial charge in [0.1, 0.15) is 17.8 Å². The van der Waals surface area contributed by atoms with Gasteiger partial charge in [0.15, 0.2) is 0 Å². The molecule has 2 N–H and O–H groups in total. The SMILES string of the molecule is Cc1ccc(S(=O)(=O)N2CCC[C@H]2C(=O)N[C@@H](Cc2ccc(OC(=O)N3CCSC(=O)C3=O)cc2)C(=O)O)cc1. The summed E-state index contributed by atoms with van der Waals surface area (Å²) in [6.07, 6.45) is -0.406. The lowest BCUT2D eigenvalue weighted by atomic mass is 10.1. The molecule has 2 heterocycles. The summed E-state index contributed by atoms with van der Waals surface area (Å²) in [7, 11) is -3.95. The fraction of sp³-hybridized carbons (Fsp3) is 0.346. The normalized spacial score (nSPS) is 18.8. The summed E-state index contributed by atoms with van der Waals surface area (Å²) in [4.78, 5) is 61.5. The summed E-state index contributed by atoms with van der Waals surface area (Å²) in [6.45, 7) is 2.01. The minimum Gasteiger partial charge on any atom is -0.480 e. The number of hydrogen-bond donors (Lipinski definition) is 2. The number of rotatable bonds is 8. The van der Waals surface area contributed by atoms with Gasteiger partial charge in [0.05, 0.1) is 4.90 Å². The number of aryl methyl sites for hydroxylation is 1. The van der Waals surface area contributed by atoms with Gasteiger partial charge in [-0.25, -0.2) is 22.9 Å². The van der Waals surface area contributed by atoms with Crippen LogP contribution in [-0.2, 0) is 35.6 Å². The molecule has 0 radical (unpaired) electrons. The average molecular weight is 590 g/mol. The minimum absolute atomic E-state index is 0.0386. The molecular formula is C26H27N3O9S2. The number of amides is 3. The van der Waals surface area contributed by atoms with Crippen LogP contribution < -0.4 is 10.1 Å². The number of imide groups is 1. The van der Waals surface area contributed by atoms with Crippen molar-refractivity contribution in [1.29, 1.82) is 0 Å². The van der Waals surface area contributed by atoms with Crippen LogP contribution in [0.4, 0.5) is 4.79 Å². The third kappa shape index (κ3) is 6.51.